The van der Waals surface area contributed by atoms with Crippen molar-refractivity contribution in [3.05, 3.63) is 55.1 Å². The lowest BCUT2D eigenvalue weighted by molar-refractivity contribution is 0.503. The average molecular weight is 381 g/mol. The average Bonchev–Trinajstić information content (AvgIpc) is 2.74. The van der Waals surface area contributed by atoms with Crippen LogP contribution in [0.2, 0.25) is 5.02 Å². The Balaban J connectivity index is 2.38. The summed E-state index contributed by atoms with van der Waals surface area (Å²) in [7, 11) is 0. The van der Waals surface area contributed by atoms with Crippen molar-refractivity contribution in [3.8, 4) is 0 Å². The van der Waals surface area contributed by atoms with Gasteiger partial charge in [0, 0.05) is 4.88 Å². The van der Waals surface area contributed by atoms with E-state index in [0.717, 1.165) is 27.7 Å². The van der Waals surface area contributed by atoms with E-state index >= 15 is 0 Å². The van der Waals surface area contributed by atoms with E-state index in [0.29, 0.717) is 10.6 Å². The summed E-state index contributed by atoms with van der Waals surface area (Å²) in [5.74, 6) is -1.68. The molecule has 0 fully saturated rings. The summed E-state index contributed by atoms with van der Waals surface area (Å²) < 4.78 is 27.3. The van der Waals surface area contributed by atoms with Gasteiger partial charge in [-0.05, 0) is 52.7 Å². The van der Waals surface area contributed by atoms with Crippen LogP contribution in [0.3, 0.4) is 0 Å². The molecule has 1 N–H and O–H groups in total. The minimum Gasteiger partial charge on any atom is -0.306 e. The van der Waals surface area contributed by atoms with Gasteiger partial charge in [0.2, 0.25) is 0 Å². The summed E-state index contributed by atoms with van der Waals surface area (Å²) in [5.41, 5.74) is 0.683. The van der Waals surface area contributed by atoms with Gasteiger partial charge in [0.15, 0.2) is 11.6 Å². The zero-order valence-corrected chi connectivity index (χ0v) is 13.9. The summed E-state index contributed by atoms with van der Waals surface area (Å²) in [6, 6.07) is 5.61. The first-order chi connectivity index (χ1) is 9.52. The highest BCUT2D eigenvalue weighted by atomic mass is 79.9. The van der Waals surface area contributed by atoms with Gasteiger partial charge < -0.3 is 5.32 Å². The van der Waals surface area contributed by atoms with Crippen molar-refractivity contribution in [2.45, 2.75) is 19.4 Å². The van der Waals surface area contributed by atoms with E-state index in [1.54, 1.807) is 6.07 Å². The quantitative estimate of drug-likeness (QED) is 0.719. The van der Waals surface area contributed by atoms with Crippen LogP contribution in [-0.4, -0.2) is 6.54 Å². The monoisotopic (exact) mass is 379 g/mol. The Labute approximate surface area is 134 Å². The van der Waals surface area contributed by atoms with Gasteiger partial charge in [-0.2, -0.15) is 0 Å². The van der Waals surface area contributed by atoms with E-state index in [4.69, 9.17) is 11.6 Å². The van der Waals surface area contributed by atoms with Crippen LogP contribution < -0.4 is 5.32 Å². The molecule has 1 unspecified atom stereocenters. The molecule has 0 radical (unpaired) electrons. The molecular weight excluding hydrogens is 368 g/mol. The van der Waals surface area contributed by atoms with Gasteiger partial charge in [0.25, 0.3) is 0 Å². The van der Waals surface area contributed by atoms with Crippen molar-refractivity contribution in [2.24, 2.45) is 0 Å². The summed E-state index contributed by atoms with van der Waals surface area (Å²) in [5, 5.41) is 3.95. The van der Waals surface area contributed by atoms with Crippen LogP contribution in [0.15, 0.2) is 28.1 Å². The van der Waals surface area contributed by atoms with E-state index in [-0.39, 0.29) is 6.04 Å². The zero-order chi connectivity index (χ0) is 14.7. The third-order valence-corrected chi connectivity index (χ3v) is 5.36. The van der Waals surface area contributed by atoms with Crippen LogP contribution in [0, 0.1) is 11.6 Å². The fourth-order valence-electron chi connectivity index (χ4n) is 1.87. The van der Waals surface area contributed by atoms with Gasteiger partial charge in [-0.15, -0.1) is 11.3 Å². The largest absolute Gasteiger partial charge is 0.306 e. The molecule has 1 atom stereocenters. The normalized spacial score (nSPS) is 12.7. The summed E-state index contributed by atoms with van der Waals surface area (Å²) in [4.78, 5) is 0.960. The highest BCUT2D eigenvalue weighted by Gasteiger charge is 2.19. The fourth-order valence-corrected chi connectivity index (χ4v) is 3.72. The van der Waals surface area contributed by atoms with Crippen LogP contribution in [-0.2, 0) is 0 Å². The first kappa shape index (κ1) is 15.9. The lowest BCUT2D eigenvalue weighted by Gasteiger charge is -2.17. The molecule has 0 aliphatic heterocycles. The fraction of sp³-hybridized carbons (Fsp3) is 0.286. The van der Waals surface area contributed by atoms with Crippen molar-refractivity contribution in [2.75, 3.05) is 6.54 Å². The van der Waals surface area contributed by atoms with Gasteiger partial charge in [-0.3, -0.25) is 0 Å². The second-order valence-corrected chi connectivity index (χ2v) is 7.14. The number of rotatable bonds is 5. The minimum atomic E-state index is -0.840. The number of hydrogen-bond donors (Lipinski definition) is 1. The molecule has 1 aromatic heterocycles. The van der Waals surface area contributed by atoms with Gasteiger partial charge in [-0.25, -0.2) is 8.78 Å². The van der Waals surface area contributed by atoms with Gasteiger partial charge >= 0.3 is 0 Å². The number of benzene rings is 1. The molecule has 108 valence electrons. The third kappa shape index (κ3) is 3.58. The first-order valence-corrected chi connectivity index (χ1v) is 8.14. The summed E-state index contributed by atoms with van der Waals surface area (Å²) >= 11 is 10.9. The Bertz CT molecular complexity index is 583. The Hall–Kier alpha value is -0.490. The number of thiophene rings is 1. The number of halogens is 4. The number of hydrogen-bond acceptors (Lipinski definition) is 2. The molecule has 6 heteroatoms. The SMILES string of the molecule is CCCNC(c1ccc(F)c(F)c1)c1cc(Cl)c(Br)s1. The predicted octanol–water partition coefficient (Wildman–Crippen LogP) is 5.53. The van der Waals surface area contributed by atoms with Crippen LogP contribution in [0.1, 0.15) is 29.8 Å². The third-order valence-electron chi connectivity index (χ3n) is 2.82. The molecule has 1 aromatic carbocycles. The van der Waals surface area contributed by atoms with Gasteiger partial charge in [0.1, 0.15) is 0 Å². The molecule has 0 spiro atoms. The molecule has 1 nitrogen and oxygen atoms in total. The Kier molecular flexibility index (Phi) is 5.55. The topological polar surface area (TPSA) is 12.0 Å². The molecule has 0 saturated heterocycles. The Morgan fingerprint density at radius 2 is 2.05 bits per heavy atom. The summed E-state index contributed by atoms with van der Waals surface area (Å²) in [6.45, 7) is 2.82. The molecule has 20 heavy (non-hydrogen) atoms. The lowest BCUT2D eigenvalue weighted by Crippen LogP contribution is -2.22. The van der Waals surface area contributed by atoms with Crippen molar-refractivity contribution in [1.29, 1.82) is 0 Å². The predicted molar refractivity (Wildman–Crippen MR) is 83.5 cm³/mol. The zero-order valence-electron chi connectivity index (χ0n) is 10.7. The van der Waals surface area contributed by atoms with Crippen molar-refractivity contribution >= 4 is 38.9 Å². The minimum absolute atomic E-state index is 0.196. The standard InChI is InChI=1S/C14H13BrClF2NS/c1-2-5-19-13(12-7-9(16)14(15)20-12)8-3-4-10(17)11(18)6-8/h3-4,6-7,13,19H,2,5H2,1H3. The lowest BCUT2D eigenvalue weighted by atomic mass is 10.0. The van der Waals surface area contributed by atoms with E-state index in [9.17, 15) is 8.78 Å². The van der Waals surface area contributed by atoms with Crippen LogP contribution in [0.5, 0.6) is 0 Å². The molecular formula is C14H13BrClF2NS. The second-order valence-electron chi connectivity index (χ2n) is 4.33. The molecule has 0 saturated carbocycles. The van der Waals surface area contributed by atoms with Gasteiger partial charge in [-0.1, -0.05) is 24.6 Å². The maximum Gasteiger partial charge on any atom is 0.159 e. The first-order valence-electron chi connectivity index (χ1n) is 6.16. The molecule has 2 aromatic rings. The van der Waals surface area contributed by atoms with Crippen LogP contribution in [0.4, 0.5) is 8.78 Å². The Morgan fingerprint density at radius 3 is 2.60 bits per heavy atom. The maximum absolute atomic E-state index is 13.4. The smallest absolute Gasteiger partial charge is 0.159 e. The highest BCUT2D eigenvalue weighted by molar-refractivity contribution is 9.11. The van der Waals surface area contributed by atoms with Gasteiger partial charge in [0.05, 0.1) is 14.9 Å². The molecule has 0 amide bonds. The Morgan fingerprint density at radius 1 is 1.30 bits per heavy atom. The van der Waals surface area contributed by atoms with E-state index in [1.165, 1.54) is 17.4 Å². The van der Waals surface area contributed by atoms with E-state index in [2.05, 4.69) is 21.2 Å². The molecule has 1 heterocycles. The molecule has 0 aliphatic carbocycles. The summed E-state index contributed by atoms with van der Waals surface area (Å²) in [6.07, 6.45) is 0.945. The van der Waals surface area contributed by atoms with Crippen LogP contribution >= 0.6 is 38.9 Å². The second kappa shape index (κ2) is 6.98. The highest BCUT2D eigenvalue weighted by Crippen LogP contribution is 2.37. The molecule has 0 bridgehead atoms. The van der Waals surface area contributed by atoms with Crippen LogP contribution in [0.25, 0.3) is 0 Å². The number of nitrogens with one attached hydrogen (secondary N) is 1. The molecule has 2 rings (SSSR count). The van der Waals surface area contributed by atoms with Crippen molar-refractivity contribution in [3.63, 3.8) is 0 Å². The molecule has 0 aliphatic rings. The van der Waals surface area contributed by atoms with Crippen molar-refractivity contribution < 1.29 is 8.78 Å². The van der Waals surface area contributed by atoms with E-state index < -0.39 is 11.6 Å². The van der Waals surface area contributed by atoms with E-state index in [1.807, 2.05) is 13.0 Å². The maximum atomic E-state index is 13.4. The van der Waals surface area contributed by atoms with Crippen molar-refractivity contribution in [1.82, 2.24) is 5.32 Å².